The maximum absolute atomic E-state index is 2.32. The van der Waals surface area contributed by atoms with E-state index in [0.29, 0.717) is 12.0 Å². The van der Waals surface area contributed by atoms with E-state index in [1.165, 1.54) is 5.57 Å². The van der Waals surface area contributed by atoms with E-state index in [2.05, 4.69) is 51.1 Å². The Morgan fingerprint density at radius 3 is 2.45 bits per heavy atom. The third kappa shape index (κ3) is 1.93. The molecular formula is C10H17N. The lowest BCUT2D eigenvalue weighted by molar-refractivity contribution is 0.293. The average Bonchev–Trinajstić information content (AvgIpc) is 1.94. The van der Waals surface area contributed by atoms with Crippen molar-refractivity contribution >= 4 is 0 Å². The largest absolute Gasteiger partial charge is 0.302 e. The Bertz CT molecular complexity index is 189. The van der Waals surface area contributed by atoms with Crippen molar-refractivity contribution in [2.75, 3.05) is 14.1 Å². The first-order valence-electron chi connectivity index (χ1n) is 4.14. The van der Waals surface area contributed by atoms with Gasteiger partial charge < -0.3 is 4.90 Å². The third-order valence-electron chi connectivity index (χ3n) is 2.23. The number of hydrogen-bond acceptors (Lipinski definition) is 1. The summed E-state index contributed by atoms with van der Waals surface area (Å²) in [5.41, 5.74) is 1.38. The molecule has 0 radical (unpaired) electrons. The topological polar surface area (TPSA) is 3.24 Å². The van der Waals surface area contributed by atoms with Crippen LogP contribution in [0.5, 0.6) is 0 Å². The minimum absolute atomic E-state index is 0.583. The van der Waals surface area contributed by atoms with Gasteiger partial charge in [-0.3, -0.25) is 0 Å². The summed E-state index contributed by atoms with van der Waals surface area (Å²) in [6, 6.07) is 0.583. The normalized spacial score (nSPS) is 30.8. The molecule has 2 atom stereocenters. The fourth-order valence-electron chi connectivity index (χ4n) is 1.51. The van der Waals surface area contributed by atoms with Crippen LogP contribution in [0.3, 0.4) is 0 Å². The Morgan fingerprint density at radius 1 is 1.36 bits per heavy atom. The van der Waals surface area contributed by atoms with Crippen LogP contribution in [0.15, 0.2) is 23.8 Å². The number of rotatable bonds is 1. The maximum Gasteiger partial charge on any atom is 0.0337 e. The third-order valence-corrected chi connectivity index (χ3v) is 2.23. The minimum Gasteiger partial charge on any atom is -0.302 e. The van der Waals surface area contributed by atoms with Gasteiger partial charge in [-0.1, -0.05) is 30.7 Å². The van der Waals surface area contributed by atoms with Gasteiger partial charge >= 0.3 is 0 Å². The van der Waals surface area contributed by atoms with Gasteiger partial charge in [0.2, 0.25) is 0 Å². The summed E-state index contributed by atoms with van der Waals surface area (Å²) in [5, 5.41) is 0. The Labute approximate surface area is 69.4 Å². The molecule has 0 amide bonds. The average molecular weight is 151 g/mol. The maximum atomic E-state index is 2.32. The van der Waals surface area contributed by atoms with Crippen molar-refractivity contribution in [3.63, 3.8) is 0 Å². The number of likely N-dealkylation sites (N-methyl/N-ethyl adjacent to an activating group) is 1. The van der Waals surface area contributed by atoms with Gasteiger partial charge in [-0.25, -0.2) is 0 Å². The van der Waals surface area contributed by atoms with Crippen LogP contribution in [0.4, 0.5) is 0 Å². The smallest absolute Gasteiger partial charge is 0.0337 e. The second-order valence-corrected chi connectivity index (χ2v) is 3.58. The van der Waals surface area contributed by atoms with Crippen molar-refractivity contribution in [3.05, 3.63) is 23.8 Å². The van der Waals surface area contributed by atoms with Gasteiger partial charge in [-0.2, -0.15) is 0 Å². The van der Waals surface area contributed by atoms with E-state index in [1.54, 1.807) is 0 Å². The van der Waals surface area contributed by atoms with Crippen LogP contribution in [0.25, 0.3) is 0 Å². The summed E-state index contributed by atoms with van der Waals surface area (Å²) < 4.78 is 0. The molecular weight excluding hydrogens is 134 g/mol. The molecule has 1 nitrogen and oxygen atoms in total. The van der Waals surface area contributed by atoms with Gasteiger partial charge in [0.25, 0.3) is 0 Å². The molecule has 0 aromatic rings. The summed E-state index contributed by atoms with van der Waals surface area (Å²) in [5.74, 6) is 0.647. The van der Waals surface area contributed by atoms with E-state index in [9.17, 15) is 0 Å². The fraction of sp³-hybridized carbons (Fsp3) is 0.600. The monoisotopic (exact) mass is 151 g/mol. The Hall–Kier alpha value is -0.560. The van der Waals surface area contributed by atoms with E-state index in [-0.39, 0.29) is 0 Å². The Balaban J connectivity index is 2.73. The zero-order valence-electron chi connectivity index (χ0n) is 7.83. The summed E-state index contributed by atoms with van der Waals surface area (Å²) >= 11 is 0. The summed E-state index contributed by atoms with van der Waals surface area (Å²) in [4.78, 5) is 2.26. The molecule has 0 saturated carbocycles. The van der Waals surface area contributed by atoms with Crippen LogP contribution in [0.1, 0.15) is 13.8 Å². The molecule has 62 valence electrons. The molecule has 0 bridgehead atoms. The highest BCUT2D eigenvalue weighted by atomic mass is 15.1. The van der Waals surface area contributed by atoms with Crippen molar-refractivity contribution in [2.24, 2.45) is 5.92 Å². The first-order chi connectivity index (χ1) is 5.11. The van der Waals surface area contributed by atoms with E-state index >= 15 is 0 Å². The van der Waals surface area contributed by atoms with Gasteiger partial charge in [0, 0.05) is 6.04 Å². The molecule has 0 saturated heterocycles. The van der Waals surface area contributed by atoms with E-state index in [4.69, 9.17) is 0 Å². The lowest BCUT2D eigenvalue weighted by Crippen LogP contribution is -2.32. The SMILES string of the molecule is CC1=CC(N(C)C)C(C)C=C1. The zero-order valence-corrected chi connectivity index (χ0v) is 7.83. The van der Waals surface area contributed by atoms with Crippen LogP contribution in [-0.2, 0) is 0 Å². The van der Waals surface area contributed by atoms with Gasteiger partial charge in [0.15, 0.2) is 0 Å². The lowest BCUT2D eigenvalue weighted by Gasteiger charge is -2.28. The predicted octanol–water partition coefficient (Wildman–Crippen LogP) is 2.07. The summed E-state index contributed by atoms with van der Waals surface area (Å²) in [6.07, 6.45) is 6.80. The standard InChI is InChI=1S/C10H17N/c1-8-5-6-9(2)10(7-8)11(3)4/h5-7,9-10H,1-4H3. The molecule has 0 aromatic carbocycles. The van der Waals surface area contributed by atoms with E-state index < -0.39 is 0 Å². The van der Waals surface area contributed by atoms with Crippen LogP contribution in [0.2, 0.25) is 0 Å². The highest BCUT2D eigenvalue weighted by Crippen LogP contribution is 2.19. The molecule has 0 N–H and O–H groups in total. The van der Waals surface area contributed by atoms with Crippen molar-refractivity contribution < 1.29 is 0 Å². The predicted molar refractivity (Wildman–Crippen MR) is 49.5 cm³/mol. The van der Waals surface area contributed by atoms with E-state index in [1.807, 2.05) is 0 Å². The van der Waals surface area contributed by atoms with Crippen molar-refractivity contribution in [3.8, 4) is 0 Å². The molecule has 1 heteroatoms. The first kappa shape index (κ1) is 8.54. The van der Waals surface area contributed by atoms with Crippen LogP contribution < -0.4 is 0 Å². The van der Waals surface area contributed by atoms with E-state index in [0.717, 1.165) is 0 Å². The molecule has 0 aliphatic heterocycles. The summed E-state index contributed by atoms with van der Waals surface area (Å²) in [7, 11) is 4.26. The quantitative estimate of drug-likeness (QED) is 0.554. The molecule has 1 aliphatic carbocycles. The number of hydrogen-bond donors (Lipinski definition) is 0. The highest BCUT2D eigenvalue weighted by Gasteiger charge is 2.16. The van der Waals surface area contributed by atoms with Crippen LogP contribution in [0, 0.1) is 5.92 Å². The molecule has 0 heterocycles. The Kier molecular flexibility index (Phi) is 2.50. The highest BCUT2D eigenvalue weighted by molar-refractivity contribution is 5.25. The van der Waals surface area contributed by atoms with Gasteiger partial charge in [-0.05, 0) is 26.9 Å². The van der Waals surface area contributed by atoms with Crippen molar-refractivity contribution in [1.82, 2.24) is 4.90 Å². The molecule has 11 heavy (non-hydrogen) atoms. The van der Waals surface area contributed by atoms with Gasteiger partial charge in [0.1, 0.15) is 0 Å². The number of allylic oxidation sites excluding steroid dienone is 2. The van der Waals surface area contributed by atoms with Crippen LogP contribution >= 0.6 is 0 Å². The summed E-state index contributed by atoms with van der Waals surface area (Å²) in [6.45, 7) is 4.41. The van der Waals surface area contributed by atoms with Crippen molar-refractivity contribution in [1.29, 1.82) is 0 Å². The molecule has 2 unspecified atom stereocenters. The molecule has 0 aromatic heterocycles. The van der Waals surface area contributed by atoms with Gasteiger partial charge in [-0.15, -0.1) is 0 Å². The first-order valence-corrected chi connectivity index (χ1v) is 4.14. The fourth-order valence-corrected chi connectivity index (χ4v) is 1.51. The Morgan fingerprint density at radius 2 is 2.00 bits per heavy atom. The second-order valence-electron chi connectivity index (χ2n) is 3.58. The zero-order chi connectivity index (χ0) is 8.43. The molecule has 0 fully saturated rings. The minimum atomic E-state index is 0.583. The van der Waals surface area contributed by atoms with Crippen molar-refractivity contribution in [2.45, 2.75) is 19.9 Å². The lowest BCUT2D eigenvalue weighted by atomic mass is 9.93. The molecule has 1 rings (SSSR count). The van der Waals surface area contributed by atoms with Gasteiger partial charge in [0.05, 0.1) is 0 Å². The van der Waals surface area contributed by atoms with Crippen LogP contribution in [-0.4, -0.2) is 25.0 Å². The molecule has 1 aliphatic rings. The number of nitrogens with zero attached hydrogens (tertiary/aromatic N) is 1. The molecule has 0 spiro atoms. The second kappa shape index (κ2) is 3.22.